The Balaban J connectivity index is 2.38. The smallest absolute Gasteiger partial charge is 0.491 e. The topological polar surface area (TPSA) is 55.8 Å². The molecule has 0 unspecified atom stereocenters. The average molecular weight is 320 g/mol. The fraction of sp³-hybridized carbons (Fsp3) is 0.438. The van der Waals surface area contributed by atoms with Crippen molar-refractivity contribution in [1.29, 1.82) is 0 Å². The van der Waals surface area contributed by atoms with E-state index >= 15 is 0 Å². The number of benzene rings is 1. The van der Waals surface area contributed by atoms with E-state index < -0.39 is 18.3 Å². The Morgan fingerprint density at radius 2 is 1.86 bits per heavy atom. The number of aromatic hydroxyl groups is 1. The van der Waals surface area contributed by atoms with Crippen molar-refractivity contribution in [3.05, 3.63) is 34.8 Å². The molecule has 6 heteroatoms. The Bertz CT molecular complexity index is 594. The van der Waals surface area contributed by atoms with Gasteiger partial charge in [-0.15, -0.1) is 0 Å². The van der Waals surface area contributed by atoms with Crippen molar-refractivity contribution in [3.63, 3.8) is 0 Å². The molecule has 0 spiro atoms. The van der Waals surface area contributed by atoms with Crippen molar-refractivity contribution in [1.82, 2.24) is 0 Å². The van der Waals surface area contributed by atoms with Gasteiger partial charge in [-0.1, -0.05) is 18.2 Å². The van der Waals surface area contributed by atoms with Crippen LogP contribution >= 0.6 is 12.6 Å². The lowest BCUT2D eigenvalue weighted by atomic mass is 9.78. The number of hydrogen-bond donors (Lipinski definition) is 2. The van der Waals surface area contributed by atoms with Gasteiger partial charge >= 0.3 is 7.12 Å². The normalized spacial score (nSPS) is 20.2. The molecule has 0 aliphatic carbocycles. The first-order valence-electron chi connectivity index (χ1n) is 7.16. The molecule has 0 amide bonds. The molecule has 118 valence electrons. The molecule has 0 radical (unpaired) electrons. The van der Waals surface area contributed by atoms with E-state index in [4.69, 9.17) is 9.31 Å². The summed E-state index contributed by atoms with van der Waals surface area (Å²) in [5.41, 5.74) is 0.792. The SMILES string of the molecule is CC1(C)OB(C(=Cc2cccc(O)c2C=O)CS)OC1(C)C. The fourth-order valence-corrected chi connectivity index (χ4v) is 2.45. The predicted octanol–water partition coefficient (Wildman–Crippen LogP) is 3.15. The van der Waals surface area contributed by atoms with E-state index in [0.29, 0.717) is 17.6 Å². The lowest BCUT2D eigenvalue weighted by Gasteiger charge is -2.32. The zero-order valence-electron chi connectivity index (χ0n) is 13.3. The molecule has 1 aromatic rings. The zero-order valence-corrected chi connectivity index (χ0v) is 14.2. The summed E-state index contributed by atoms with van der Waals surface area (Å²) in [6, 6.07) is 4.93. The Labute approximate surface area is 137 Å². The molecule has 1 fully saturated rings. The number of carbonyl (C=O) groups excluding carboxylic acids is 1. The van der Waals surface area contributed by atoms with Gasteiger partial charge in [0.05, 0.1) is 16.8 Å². The van der Waals surface area contributed by atoms with Crippen LogP contribution < -0.4 is 0 Å². The highest BCUT2D eigenvalue weighted by Crippen LogP contribution is 2.39. The highest BCUT2D eigenvalue weighted by molar-refractivity contribution is 7.80. The fourth-order valence-electron chi connectivity index (χ4n) is 2.21. The monoisotopic (exact) mass is 320 g/mol. The van der Waals surface area contributed by atoms with Crippen molar-refractivity contribution in [3.8, 4) is 5.75 Å². The Kier molecular flexibility index (Phi) is 4.75. The Hall–Kier alpha value is -1.24. The molecule has 0 atom stereocenters. The van der Waals surface area contributed by atoms with E-state index in [1.165, 1.54) is 6.07 Å². The van der Waals surface area contributed by atoms with Crippen molar-refractivity contribution in [2.24, 2.45) is 0 Å². The van der Waals surface area contributed by atoms with Gasteiger partial charge < -0.3 is 14.4 Å². The second-order valence-corrected chi connectivity index (χ2v) is 6.68. The minimum atomic E-state index is -0.524. The number of aldehydes is 1. The molecule has 1 heterocycles. The van der Waals surface area contributed by atoms with Gasteiger partial charge in [0.15, 0.2) is 6.29 Å². The van der Waals surface area contributed by atoms with E-state index in [0.717, 1.165) is 5.47 Å². The van der Waals surface area contributed by atoms with Crippen LogP contribution in [-0.4, -0.2) is 35.5 Å². The number of hydrogen-bond acceptors (Lipinski definition) is 5. The Morgan fingerprint density at radius 1 is 1.27 bits per heavy atom. The summed E-state index contributed by atoms with van der Waals surface area (Å²) in [6.45, 7) is 7.92. The predicted molar refractivity (Wildman–Crippen MR) is 91.4 cm³/mol. The second kappa shape index (κ2) is 6.10. The molecule has 0 aromatic heterocycles. The summed E-state index contributed by atoms with van der Waals surface area (Å²) in [7, 11) is -0.524. The van der Waals surface area contributed by atoms with Crippen molar-refractivity contribution in [2.45, 2.75) is 38.9 Å². The minimum Gasteiger partial charge on any atom is -0.507 e. The molecule has 4 nitrogen and oxygen atoms in total. The van der Waals surface area contributed by atoms with Crippen LogP contribution in [0.4, 0.5) is 0 Å². The van der Waals surface area contributed by atoms with Gasteiger partial charge in [0.25, 0.3) is 0 Å². The van der Waals surface area contributed by atoms with Gasteiger partial charge in [0.2, 0.25) is 0 Å². The summed E-state index contributed by atoms with van der Waals surface area (Å²) >= 11 is 4.34. The molecule has 1 aliphatic heterocycles. The minimum absolute atomic E-state index is 0.0452. The lowest BCUT2D eigenvalue weighted by molar-refractivity contribution is 0.00578. The number of thiol groups is 1. The largest absolute Gasteiger partial charge is 0.507 e. The summed E-state index contributed by atoms with van der Waals surface area (Å²) in [6.07, 6.45) is 2.43. The maximum absolute atomic E-state index is 11.2. The molecule has 2 rings (SSSR count). The maximum atomic E-state index is 11.2. The second-order valence-electron chi connectivity index (χ2n) is 6.36. The summed E-state index contributed by atoms with van der Waals surface area (Å²) in [5, 5.41) is 9.77. The highest BCUT2D eigenvalue weighted by Gasteiger charge is 2.52. The Morgan fingerprint density at radius 3 is 2.36 bits per heavy atom. The van der Waals surface area contributed by atoms with Gasteiger partial charge in [-0.3, -0.25) is 4.79 Å². The van der Waals surface area contributed by atoms with Crippen LogP contribution in [0, 0.1) is 0 Å². The van der Waals surface area contributed by atoms with E-state index in [1.54, 1.807) is 18.2 Å². The van der Waals surface area contributed by atoms with Gasteiger partial charge in [0.1, 0.15) is 5.75 Å². The van der Waals surface area contributed by atoms with Crippen molar-refractivity contribution >= 4 is 32.1 Å². The molecule has 0 bridgehead atoms. The summed E-state index contributed by atoms with van der Waals surface area (Å²) in [5.74, 6) is 0.376. The van der Waals surface area contributed by atoms with Crippen LogP contribution in [0.2, 0.25) is 0 Å². The molecule has 1 aromatic carbocycles. The van der Waals surface area contributed by atoms with E-state index in [1.807, 2.05) is 27.7 Å². The maximum Gasteiger partial charge on any atom is 0.491 e. The van der Waals surface area contributed by atoms with E-state index in [9.17, 15) is 9.90 Å². The highest BCUT2D eigenvalue weighted by atomic mass is 32.1. The average Bonchev–Trinajstić information content (AvgIpc) is 2.64. The molecule has 1 aliphatic rings. The standard InChI is InChI=1S/C16H21BO4S/c1-15(2)16(3,4)21-17(20-15)12(10-22)8-11-6-5-7-14(19)13(11)9-18/h5-9,19,22H,10H2,1-4H3. The van der Waals surface area contributed by atoms with Gasteiger partial charge in [-0.05, 0) is 44.8 Å². The van der Waals surface area contributed by atoms with Crippen LogP contribution in [0.3, 0.4) is 0 Å². The lowest BCUT2D eigenvalue weighted by Crippen LogP contribution is -2.41. The van der Waals surface area contributed by atoms with Gasteiger partial charge in [0, 0.05) is 5.75 Å². The third-order valence-electron chi connectivity index (χ3n) is 4.31. The molecular weight excluding hydrogens is 299 g/mol. The first-order valence-corrected chi connectivity index (χ1v) is 7.79. The number of phenols is 1. The first-order chi connectivity index (χ1) is 10.2. The molecule has 0 saturated carbocycles. The molecular formula is C16H21BO4S. The van der Waals surface area contributed by atoms with Gasteiger partial charge in [-0.25, -0.2) is 0 Å². The van der Waals surface area contributed by atoms with Crippen molar-refractivity contribution in [2.75, 3.05) is 5.75 Å². The molecule has 1 N–H and O–H groups in total. The zero-order chi connectivity index (χ0) is 16.5. The third kappa shape index (κ3) is 3.09. The van der Waals surface area contributed by atoms with Crippen LogP contribution in [0.25, 0.3) is 6.08 Å². The first kappa shape index (κ1) is 17.1. The molecule has 22 heavy (non-hydrogen) atoms. The molecule has 1 saturated heterocycles. The van der Waals surface area contributed by atoms with Crippen molar-refractivity contribution < 1.29 is 19.2 Å². The van der Waals surface area contributed by atoms with Crippen LogP contribution in [0.1, 0.15) is 43.6 Å². The van der Waals surface area contributed by atoms with Crippen LogP contribution in [-0.2, 0) is 9.31 Å². The quantitative estimate of drug-likeness (QED) is 0.508. The summed E-state index contributed by atoms with van der Waals surface area (Å²) in [4.78, 5) is 11.2. The third-order valence-corrected chi connectivity index (χ3v) is 4.68. The number of phenolic OH excluding ortho intramolecular Hbond substituents is 1. The van der Waals surface area contributed by atoms with Crippen LogP contribution in [0.15, 0.2) is 23.7 Å². The van der Waals surface area contributed by atoms with Gasteiger partial charge in [-0.2, -0.15) is 12.6 Å². The van der Waals surface area contributed by atoms with E-state index in [-0.39, 0.29) is 11.3 Å². The summed E-state index contributed by atoms with van der Waals surface area (Å²) < 4.78 is 12.0. The van der Waals surface area contributed by atoms with E-state index in [2.05, 4.69) is 12.6 Å². The number of rotatable bonds is 4. The number of carbonyl (C=O) groups is 1. The van der Waals surface area contributed by atoms with Crippen LogP contribution in [0.5, 0.6) is 5.75 Å².